The van der Waals surface area contributed by atoms with Crippen molar-refractivity contribution in [3.63, 3.8) is 0 Å². The molecule has 4 nitrogen and oxygen atoms in total. The molecule has 108 valence electrons. The van der Waals surface area contributed by atoms with Gasteiger partial charge in [-0.15, -0.1) is 11.3 Å². The van der Waals surface area contributed by atoms with E-state index in [2.05, 4.69) is 30.9 Å². The van der Waals surface area contributed by atoms with E-state index in [-0.39, 0.29) is 11.2 Å². The van der Waals surface area contributed by atoms with Crippen LogP contribution in [0.2, 0.25) is 0 Å². The molecule has 2 heterocycles. The second kappa shape index (κ2) is 5.48. The van der Waals surface area contributed by atoms with Gasteiger partial charge >= 0.3 is 0 Å². The Morgan fingerprint density at radius 1 is 1.40 bits per heavy atom. The van der Waals surface area contributed by atoms with Crippen molar-refractivity contribution in [3.8, 4) is 0 Å². The van der Waals surface area contributed by atoms with Crippen molar-refractivity contribution in [1.82, 2.24) is 14.8 Å². The van der Waals surface area contributed by atoms with Gasteiger partial charge in [0.05, 0.1) is 17.8 Å². The van der Waals surface area contributed by atoms with E-state index in [1.165, 1.54) is 0 Å². The van der Waals surface area contributed by atoms with Crippen molar-refractivity contribution in [2.24, 2.45) is 7.05 Å². The molecule has 0 N–H and O–H groups in total. The Hall–Kier alpha value is -1.49. The van der Waals surface area contributed by atoms with Crippen molar-refractivity contribution >= 4 is 17.1 Å². The van der Waals surface area contributed by atoms with Crippen LogP contribution in [-0.4, -0.2) is 20.5 Å². The summed E-state index contributed by atoms with van der Waals surface area (Å²) >= 11 is 1.56. The van der Waals surface area contributed by atoms with E-state index in [4.69, 9.17) is 0 Å². The molecule has 5 heteroatoms. The van der Waals surface area contributed by atoms with Crippen LogP contribution >= 0.6 is 11.3 Å². The van der Waals surface area contributed by atoms with Crippen molar-refractivity contribution in [2.45, 2.75) is 46.0 Å². The highest BCUT2D eigenvalue weighted by Gasteiger charge is 2.20. The highest BCUT2D eigenvalue weighted by atomic mass is 32.1. The third-order valence-corrected chi connectivity index (χ3v) is 4.06. The smallest absolute Gasteiger partial charge is 0.187 e. The van der Waals surface area contributed by atoms with Crippen molar-refractivity contribution in [2.75, 3.05) is 0 Å². The van der Waals surface area contributed by atoms with Gasteiger partial charge in [0.2, 0.25) is 0 Å². The van der Waals surface area contributed by atoms with Crippen LogP contribution in [0.3, 0.4) is 0 Å². The highest BCUT2D eigenvalue weighted by Crippen LogP contribution is 2.24. The highest BCUT2D eigenvalue weighted by molar-refractivity contribution is 7.09. The number of thiazole rings is 1. The molecule has 0 unspecified atom stereocenters. The first-order chi connectivity index (χ1) is 9.31. The molecular formula is C15H21N3OS. The van der Waals surface area contributed by atoms with E-state index in [9.17, 15) is 4.79 Å². The summed E-state index contributed by atoms with van der Waals surface area (Å²) in [5.74, 6) is 0.0782. The number of aryl methyl sites for hydroxylation is 2. The maximum Gasteiger partial charge on any atom is 0.187 e. The summed E-state index contributed by atoms with van der Waals surface area (Å²) in [4.78, 5) is 16.9. The molecule has 0 aliphatic heterocycles. The minimum atomic E-state index is 0.0275. The van der Waals surface area contributed by atoms with Gasteiger partial charge in [-0.2, -0.15) is 5.10 Å². The number of nitrogens with zero attached hydrogens (tertiary/aromatic N) is 3. The zero-order valence-electron chi connectivity index (χ0n) is 12.7. The van der Waals surface area contributed by atoms with Crippen molar-refractivity contribution < 1.29 is 4.79 Å². The second-order valence-electron chi connectivity index (χ2n) is 5.97. The van der Waals surface area contributed by atoms with Crippen LogP contribution in [0.1, 0.15) is 54.6 Å². The largest absolute Gasteiger partial charge is 0.292 e. The average molecular weight is 291 g/mol. The lowest BCUT2D eigenvalue weighted by molar-refractivity contribution is 0.0984. The summed E-state index contributed by atoms with van der Waals surface area (Å²) < 4.78 is 1.67. The van der Waals surface area contributed by atoms with Crippen LogP contribution in [0.15, 0.2) is 11.4 Å². The van der Waals surface area contributed by atoms with Gasteiger partial charge in [0.15, 0.2) is 5.78 Å². The maximum atomic E-state index is 12.3. The molecule has 0 spiro atoms. The Morgan fingerprint density at radius 2 is 2.10 bits per heavy atom. The molecule has 0 aliphatic carbocycles. The third-order valence-electron chi connectivity index (χ3n) is 3.21. The monoisotopic (exact) mass is 291 g/mol. The number of ketones is 1. The Bertz CT molecular complexity index is 619. The first-order valence-electron chi connectivity index (χ1n) is 6.82. The quantitative estimate of drug-likeness (QED) is 0.813. The molecule has 0 saturated heterocycles. The van der Waals surface area contributed by atoms with E-state index in [0.717, 1.165) is 22.8 Å². The van der Waals surface area contributed by atoms with E-state index >= 15 is 0 Å². The third kappa shape index (κ3) is 3.15. The van der Waals surface area contributed by atoms with Crippen LogP contribution in [0.4, 0.5) is 0 Å². The number of carbonyl (C=O) groups is 1. The molecule has 0 aliphatic rings. The molecule has 2 aromatic heterocycles. The van der Waals surface area contributed by atoms with Gasteiger partial charge in [0.25, 0.3) is 0 Å². The van der Waals surface area contributed by atoms with Crippen molar-refractivity contribution in [1.29, 1.82) is 0 Å². The fourth-order valence-electron chi connectivity index (χ4n) is 1.92. The molecule has 0 atom stereocenters. The second-order valence-corrected chi connectivity index (χ2v) is 6.92. The minimum Gasteiger partial charge on any atom is -0.292 e. The van der Waals surface area contributed by atoms with Gasteiger partial charge in [0, 0.05) is 17.8 Å². The Balaban J connectivity index is 2.15. The van der Waals surface area contributed by atoms with Gasteiger partial charge in [0.1, 0.15) is 10.7 Å². The predicted molar refractivity (Wildman–Crippen MR) is 81.4 cm³/mol. The fraction of sp³-hybridized carbons (Fsp3) is 0.533. The topological polar surface area (TPSA) is 47.8 Å². The summed E-state index contributed by atoms with van der Waals surface area (Å²) in [6, 6.07) is 1.88. The van der Waals surface area contributed by atoms with Gasteiger partial charge in [-0.3, -0.25) is 9.48 Å². The number of hydrogen-bond acceptors (Lipinski definition) is 4. The summed E-state index contributed by atoms with van der Waals surface area (Å²) in [6.45, 7) is 8.42. The summed E-state index contributed by atoms with van der Waals surface area (Å²) in [6.07, 6.45) is 1.19. The zero-order valence-corrected chi connectivity index (χ0v) is 13.5. The first kappa shape index (κ1) is 14.9. The average Bonchev–Trinajstić information content (AvgIpc) is 2.94. The lowest BCUT2D eigenvalue weighted by Gasteiger charge is -2.14. The summed E-state index contributed by atoms with van der Waals surface area (Å²) in [7, 11) is 1.81. The zero-order chi connectivity index (χ0) is 14.9. The van der Waals surface area contributed by atoms with Crippen LogP contribution in [0.5, 0.6) is 0 Å². The normalized spacial score (nSPS) is 11.8. The molecule has 0 amide bonds. The van der Waals surface area contributed by atoms with E-state index < -0.39 is 0 Å². The Labute approximate surface area is 123 Å². The van der Waals surface area contributed by atoms with E-state index in [1.807, 2.05) is 25.4 Å². The van der Waals surface area contributed by atoms with E-state index in [0.29, 0.717) is 12.1 Å². The SMILES string of the molecule is CCc1cc(C(=O)Cc2nc(C(C)(C)C)cs2)n(C)n1. The van der Waals surface area contributed by atoms with Gasteiger partial charge in [-0.05, 0) is 12.5 Å². The molecule has 2 rings (SSSR count). The fourth-order valence-corrected chi connectivity index (χ4v) is 2.94. The summed E-state index contributed by atoms with van der Waals surface area (Å²) in [5.41, 5.74) is 2.68. The van der Waals surface area contributed by atoms with Gasteiger partial charge in [-0.25, -0.2) is 4.98 Å². The Morgan fingerprint density at radius 3 is 2.60 bits per heavy atom. The predicted octanol–water partition coefficient (Wildman–Crippen LogP) is 3.16. The summed E-state index contributed by atoms with van der Waals surface area (Å²) in [5, 5.41) is 7.23. The van der Waals surface area contributed by atoms with Crippen LogP contribution in [0, 0.1) is 0 Å². The van der Waals surface area contributed by atoms with Gasteiger partial charge in [-0.1, -0.05) is 27.7 Å². The molecule has 0 fully saturated rings. The number of rotatable bonds is 4. The number of hydrogen-bond donors (Lipinski definition) is 0. The molecule has 0 bridgehead atoms. The van der Waals surface area contributed by atoms with Crippen LogP contribution in [-0.2, 0) is 25.3 Å². The van der Waals surface area contributed by atoms with Crippen LogP contribution in [0.25, 0.3) is 0 Å². The Kier molecular flexibility index (Phi) is 4.09. The van der Waals surface area contributed by atoms with Crippen LogP contribution < -0.4 is 0 Å². The lowest BCUT2D eigenvalue weighted by atomic mass is 9.93. The standard InChI is InChI=1S/C15H21N3OS/c1-6-10-7-11(18(5)17-10)12(19)8-14-16-13(9-20-14)15(2,3)4/h7,9H,6,8H2,1-5H3. The number of aromatic nitrogens is 3. The molecule has 0 saturated carbocycles. The number of Topliss-reactive ketones (excluding diaryl/α,β-unsaturated/α-hetero) is 1. The molecule has 0 radical (unpaired) electrons. The van der Waals surface area contributed by atoms with Crippen molar-refractivity contribution in [3.05, 3.63) is 33.5 Å². The van der Waals surface area contributed by atoms with Gasteiger partial charge < -0.3 is 0 Å². The molecule has 20 heavy (non-hydrogen) atoms. The first-order valence-corrected chi connectivity index (χ1v) is 7.70. The minimum absolute atomic E-state index is 0.0275. The maximum absolute atomic E-state index is 12.3. The lowest BCUT2D eigenvalue weighted by Crippen LogP contribution is -2.13. The molecule has 2 aromatic rings. The molecule has 0 aromatic carbocycles. The number of carbonyl (C=O) groups excluding carboxylic acids is 1. The molecular weight excluding hydrogens is 270 g/mol. The van der Waals surface area contributed by atoms with E-state index in [1.54, 1.807) is 16.0 Å².